The maximum atomic E-state index is 12.2. The third-order valence-corrected chi connectivity index (χ3v) is 4.23. The Labute approximate surface area is 154 Å². The van der Waals surface area contributed by atoms with E-state index in [1.165, 1.54) is 0 Å². The highest BCUT2D eigenvalue weighted by Gasteiger charge is 2.20. The molecule has 0 spiro atoms. The van der Waals surface area contributed by atoms with Gasteiger partial charge in [0.25, 0.3) is 5.91 Å². The van der Waals surface area contributed by atoms with Crippen molar-refractivity contribution < 1.29 is 19.1 Å². The van der Waals surface area contributed by atoms with Crippen molar-refractivity contribution in [2.24, 2.45) is 10.7 Å². The van der Waals surface area contributed by atoms with Gasteiger partial charge in [0.15, 0.2) is 16.7 Å². The normalized spacial score (nSPS) is 15.0. The Morgan fingerprint density at radius 2 is 1.96 bits per heavy atom. The van der Waals surface area contributed by atoms with Crippen molar-refractivity contribution in [3.63, 3.8) is 0 Å². The second-order valence-electron chi connectivity index (χ2n) is 5.26. The van der Waals surface area contributed by atoms with Gasteiger partial charge in [-0.15, -0.1) is 0 Å². The summed E-state index contributed by atoms with van der Waals surface area (Å²) in [4.78, 5) is 28.1. The Hall–Kier alpha value is -3.06. The van der Waals surface area contributed by atoms with Gasteiger partial charge in [-0.05, 0) is 54.6 Å². The van der Waals surface area contributed by atoms with Crippen LogP contribution >= 0.6 is 11.8 Å². The zero-order valence-corrected chi connectivity index (χ0v) is 14.8. The highest BCUT2D eigenvalue weighted by atomic mass is 32.2. The van der Waals surface area contributed by atoms with Crippen LogP contribution in [0.15, 0.2) is 58.4 Å². The Morgan fingerprint density at radius 1 is 1.19 bits per heavy atom. The molecule has 3 rings (SSSR count). The van der Waals surface area contributed by atoms with Crippen LogP contribution in [0.2, 0.25) is 0 Å². The highest BCUT2D eigenvalue weighted by molar-refractivity contribution is 8.18. The molecule has 0 radical (unpaired) electrons. The molecular formula is C19H16N2O4S. The summed E-state index contributed by atoms with van der Waals surface area (Å²) in [5.41, 5.74) is 6.71. The number of nitrogens with zero attached hydrogens (tertiary/aromatic N) is 1. The summed E-state index contributed by atoms with van der Waals surface area (Å²) in [5.74, 6) is -0.120. The molecule has 1 aliphatic heterocycles. The fraction of sp³-hybridized carbons (Fsp3) is 0.105. The number of esters is 1. The number of carbonyl (C=O) groups is 2. The zero-order valence-electron chi connectivity index (χ0n) is 14.0. The minimum atomic E-state index is -0.472. The lowest BCUT2D eigenvalue weighted by molar-refractivity contribution is -0.113. The fourth-order valence-electron chi connectivity index (χ4n) is 2.28. The van der Waals surface area contributed by atoms with Crippen LogP contribution in [0.3, 0.4) is 0 Å². The molecule has 0 bridgehead atoms. The van der Waals surface area contributed by atoms with Crippen molar-refractivity contribution >= 4 is 34.9 Å². The Morgan fingerprint density at radius 3 is 2.62 bits per heavy atom. The van der Waals surface area contributed by atoms with Crippen LogP contribution in [0.25, 0.3) is 6.08 Å². The number of nitrogens with two attached hydrogens (primary N) is 1. The molecule has 0 fully saturated rings. The SMILES string of the molecule is CCOc1cc(/C=C2\SC(N)=NC2=O)ccc1OC(=O)c1ccccc1. The highest BCUT2D eigenvalue weighted by Crippen LogP contribution is 2.32. The lowest BCUT2D eigenvalue weighted by Crippen LogP contribution is -2.09. The van der Waals surface area contributed by atoms with Crippen LogP contribution in [0, 0.1) is 0 Å². The molecule has 0 aliphatic carbocycles. The first-order chi connectivity index (χ1) is 12.6. The van der Waals surface area contributed by atoms with Gasteiger partial charge in [-0.3, -0.25) is 4.79 Å². The number of ether oxygens (including phenoxy) is 2. The van der Waals surface area contributed by atoms with Gasteiger partial charge in [-0.1, -0.05) is 24.3 Å². The van der Waals surface area contributed by atoms with E-state index in [9.17, 15) is 9.59 Å². The number of carbonyl (C=O) groups excluding carboxylic acids is 2. The maximum absolute atomic E-state index is 12.2. The first kappa shape index (κ1) is 17.8. The van der Waals surface area contributed by atoms with E-state index in [2.05, 4.69) is 4.99 Å². The van der Waals surface area contributed by atoms with Crippen LogP contribution in [-0.4, -0.2) is 23.7 Å². The summed E-state index contributed by atoms with van der Waals surface area (Å²) in [6, 6.07) is 13.8. The number of benzene rings is 2. The lowest BCUT2D eigenvalue weighted by atomic mass is 10.2. The largest absolute Gasteiger partial charge is 0.490 e. The van der Waals surface area contributed by atoms with Crippen molar-refractivity contribution in [1.82, 2.24) is 0 Å². The quantitative estimate of drug-likeness (QED) is 0.495. The smallest absolute Gasteiger partial charge is 0.343 e. The Bertz CT molecular complexity index is 907. The molecule has 2 N–H and O–H groups in total. The summed E-state index contributed by atoms with van der Waals surface area (Å²) in [6.07, 6.45) is 1.67. The summed E-state index contributed by atoms with van der Waals surface area (Å²) in [5, 5.41) is 0.222. The number of amidine groups is 1. The number of thioether (sulfide) groups is 1. The van der Waals surface area contributed by atoms with Crippen LogP contribution < -0.4 is 15.2 Å². The predicted molar refractivity (Wildman–Crippen MR) is 101 cm³/mol. The topological polar surface area (TPSA) is 91.0 Å². The molecule has 0 aromatic heterocycles. The molecule has 1 aliphatic rings. The summed E-state index contributed by atoms with van der Waals surface area (Å²) in [7, 11) is 0. The molecule has 26 heavy (non-hydrogen) atoms. The molecule has 132 valence electrons. The Kier molecular flexibility index (Phi) is 5.38. The monoisotopic (exact) mass is 368 g/mol. The van der Waals surface area contributed by atoms with Crippen LogP contribution in [-0.2, 0) is 4.79 Å². The Balaban J connectivity index is 1.84. The van der Waals surface area contributed by atoms with E-state index in [0.717, 1.165) is 11.8 Å². The minimum absolute atomic E-state index is 0.222. The molecular weight excluding hydrogens is 352 g/mol. The second-order valence-corrected chi connectivity index (χ2v) is 6.32. The van der Waals surface area contributed by atoms with E-state index in [0.29, 0.717) is 34.1 Å². The second kappa shape index (κ2) is 7.88. The first-order valence-electron chi connectivity index (χ1n) is 7.89. The average Bonchev–Trinajstić information content (AvgIpc) is 2.95. The van der Waals surface area contributed by atoms with Crippen LogP contribution in [0.1, 0.15) is 22.8 Å². The number of hydrogen-bond acceptors (Lipinski definition) is 6. The van der Waals surface area contributed by atoms with Gasteiger partial charge in [0.05, 0.1) is 17.1 Å². The first-order valence-corrected chi connectivity index (χ1v) is 8.70. The third-order valence-electron chi connectivity index (χ3n) is 3.41. The van der Waals surface area contributed by atoms with Gasteiger partial charge in [0.1, 0.15) is 0 Å². The minimum Gasteiger partial charge on any atom is -0.490 e. The number of aliphatic imine (C=N–C) groups is 1. The zero-order chi connectivity index (χ0) is 18.5. The molecule has 7 heteroatoms. The number of amides is 1. The fourth-order valence-corrected chi connectivity index (χ4v) is 2.96. The van der Waals surface area contributed by atoms with E-state index in [1.54, 1.807) is 48.5 Å². The molecule has 1 amide bonds. The van der Waals surface area contributed by atoms with Crippen molar-refractivity contribution in [2.75, 3.05) is 6.61 Å². The number of hydrogen-bond donors (Lipinski definition) is 1. The van der Waals surface area contributed by atoms with Gasteiger partial charge >= 0.3 is 5.97 Å². The average molecular weight is 368 g/mol. The summed E-state index contributed by atoms with van der Waals surface area (Å²) in [6.45, 7) is 2.23. The molecule has 0 saturated carbocycles. The van der Waals surface area contributed by atoms with Gasteiger partial charge in [-0.25, -0.2) is 4.79 Å². The van der Waals surface area contributed by atoms with E-state index < -0.39 is 5.97 Å². The van der Waals surface area contributed by atoms with E-state index in [4.69, 9.17) is 15.2 Å². The maximum Gasteiger partial charge on any atom is 0.343 e. The predicted octanol–water partition coefficient (Wildman–Crippen LogP) is 3.23. The van der Waals surface area contributed by atoms with E-state index >= 15 is 0 Å². The molecule has 6 nitrogen and oxygen atoms in total. The molecule has 0 atom stereocenters. The molecule has 1 heterocycles. The molecule has 2 aromatic rings. The summed E-state index contributed by atoms with van der Waals surface area (Å²) < 4.78 is 11.0. The van der Waals surface area contributed by atoms with Crippen molar-refractivity contribution in [1.29, 1.82) is 0 Å². The molecule has 2 aromatic carbocycles. The number of rotatable bonds is 5. The van der Waals surface area contributed by atoms with Crippen molar-refractivity contribution in [3.8, 4) is 11.5 Å². The lowest BCUT2D eigenvalue weighted by Gasteiger charge is -2.11. The van der Waals surface area contributed by atoms with Gasteiger partial charge in [0, 0.05) is 0 Å². The van der Waals surface area contributed by atoms with Crippen LogP contribution in [0.4, 0.5) is 0 Å². The van der Waals surface area contributed by atoms with E-state index in [-0.39, 0.29) is 11.1 Å². The van der Waals surface area contributed by atoms with Gasteiger partial charge in [0.2, 0.25) is 0 Å². The summed E-state index contributed by atoms with van der Waals surface area (Å²) >= 11 is 1.11. The molecule has 0 unspecified atom stereocenters. The molecule has 0 saturated heterocycles. The van der Waals surface area contributed by atoms with Crippen molar-refractivity contribution in [2.45, 2.75) is 6.92 Å². The third kappa shape index (κ3) is 4.12. The van der Waals surface area contributed by atoms with Gasteiger partial charge < -0.3 is 15.2 Å². The van der Waals surface area contributed by atoms with Gasteiger partial charge in [-0.2, -0.15) is 4.99 Å². The van der Waals surface area contributed by atoms with Crippen molar-refractivity contribution in [3.05, 3.63) is 64.6 Å². The van der Waals surface area contributed by atoms with E-state index in [1.807, 2.05) is 13.0 Å². The van der Waals surface area contributed by atoms with Crippen LogP contribution in [0.5, 0.6) is 11.5 Å². The standard InChI is InChI=1S/C19H16N2O4S/c1-2-24-15-10-12(11-16-17(22)21-19(20)26-16)8-9-14(15)25-18(23)13-6-4-3-5-7-13/h3-11H,2H2,1H3,(H2,20,21,22)/b16-11-.